The third-order valence-corrected chi connectivity index (χ3v) is 6.42. The summed E-state index contributed by atoms with van der Waals surface area (Å²) in [5.74, 6) is 0.113. The fourth-order valence-corrected chi connectivity index (χ4v) is 4.60. The van der Waals surface area contributed by atoms with Gasteiger partial charge < -0.3 is 9.47 Å². The molecule has 0 radical (unpaired) electrons. The summed E-state index contributed by atoms with van der Waals surface area (Å²) in [7, 11) is 2.22. The number of aromatic nitrogens is 1. The number of benzene rings is 2. The Kier molecular flexibility index (Phi) is 5.14. The minimum atomic E-state index is 0.113. The lowest BCUT2D eigenvalue weighted by Gasteiger charge is -2.32. The normalized spacial score (nSPS) is 18.3. The summed E-state index contributed by atoms with van der Waals surface area (Å²) in [5.41, 5.74) is 2.75. The molecule has 3 aromatic rings. The minimum Gasteiger partial charge on any atom is -0.345 e. The van der Waals surface area contributed by atoms with E-state index in [2.05, 4.69) is 63.5 Å². The van der Waals surface area contributed by atoms with Gasteiger partial charge in [0.2, 0.25) is 0 Å². The van der Waals surface area contributed by atoms with Gasteiger partial charge in [0, 0.05) is 44.4 Å². The van der Waals surface area contributed by atoms with Crippen molar-refractivity contribution >= 4 is 39.3 Å². The van der Waals surface area contributed by atoms with Crippen molar-refractivity contribution in [2.75, 3.05) is 13.6 Å². The molecular weight excluding hydrogens is 435 g/mol. The summed E-state index contributed by atoms with van der Waals surface area (Å²) >= 11 is 2.25. The maximum atomic E-state index is 13.2. The van der Waals surface area contributed by atoms with Crippen molar-refractivity contribution in [2.24, 2.45) is 0 Å². The minimum absolute atomic E-state index is 0.113. The van der Waals surface area contributed by atoms with Gasteiger partial charge in [0.25, 0.3) is 0 Å². The number of carbonyl (C=O) groups excluding carboxylic acids is 1. The average molecular weight is 458 g/mol. The van der Waals surface area contributed by atoms with Gasteiger partial charge in [0.15, 0.2) is 5.78 Å². The topological polar surface area (TPSA) is 25.2 Å². The molecule has 1 aliphatic rings. The first-order valence-electron chi connectivity index (χ1n) is 9.22. The Morgan fingerprint density at radius 1 is 1.08 bits per heavy atom. The molecule has 1 aromatic heterocycles. The highest BCUT2D eigenvalue weighted by molar-refractivity contribution is 14.1. The van der Waals surface area contributed by atoms with Gasteiger partial charge in [-0.3, -0.25) is 4.79 Å². The molecule has 4 heteroatoms. The van der Waals surface area contributed by atoms with Crippen molar-refractivity contribution in [1.82, 2.24) is 9.47 Å². The number of para-hydroxylation sites is 1. The Bertz CT molecular complexity index is 946. The maximum Gasteiger partial charge on any atom is 0.196 e. The Morgan fingerprint density at radius 2 is 1.85 bits per heavy atom. The molecule has 0 unspecified atom stereocenters. The molecular formula is C22H23IN2O. The fraction of sp³-hybridized carbons (Fsp3) is 0.318. The van der Waals surface area contributed by atoms with E-state index < -0.39 is 0 Å². The Hall–Kier alpha value is -1.66. The Morgan fingerprint density at radius 3 is 2.65 bits per heavy atom. The van der Waals surface area contributed by atoms with Gasteiger partial charge in [-0.05, 0) is 67.2 Å². The number of halogens is 1. The molecule has 2 aromatic carbocycles. The second-order valence-electron chi connectivity index (χ2n) is 7.15. The Balaban J connectivity index is 1.74. The first-order chi connectivity index (χ1) is 12.6. The van der Waals surface area contributed by atoms with Crippen LogP contribution in [0.1, 0.15) is 35.2 Å². The van der Waals surface area contributed by atoms with Gasteiger partial charge in [-0.15, -0.1) is 0 Å². The second kappa shape index (κ2) is 7.53. The number of likely N-dealkylation sites (tertiary alicyclic amines) is 1. The zero-order valence-corrected chi connectivity index (χ0v) is 17.1. The van der Waals surface area contributed by atoms with E-state index in [0.717, 1.165) is 38.7 Å². The molecule has 0 spiro atoms. The molecule has 0 amide bonds. The van der Waals surface area contributed by atoms with Gasteiger partial charge in [-0.1, -0.05) is 36.8 Å². The van der Waals surface area contributed by atoms with E-state index in [1.165, 1.54) is 19.3 Å². The molecule has 1 fully saturated rings. The number of nitrogens with zero attached hydrogens (tertiary/aromatic N) is 2. The van der Waals surface area contributed by atoms with Crippen LogP contribution in [-0.2, 0) is 6.54 Å². The lowest BCUT2D eigenvalue weighted by atomic mass is 10.0. The second-order valence-corrected chi connectivity index (χ2v) is 8.31. The predicted molar refractivity (Wildman–Crippen MR) is 115 cm³/mol. The first-order valence-corrected chi connectivity index (χ1v) is 10.3. The number of rotatable bonds is 4. The van der Waals surface area contributed by atoms with Crippen LogP contribution in [0.25, 0.3) is 10.9 Å². The SMILES string of the molecule is CN1CCCC[C@@H]1Cn1cc(C(=O)c2ccccc2I)c2ccccc21. The summed E-state index contributed by atoms with van der Waals surface area (Å²) in [6.07, 6.45) is 5.87. The molecule has 134 valence electrons. The number of likely N-dealkylation sites (N-methyl/N-ethyl adjacent to an activating group) is 1. The van der Waals surface area contributed by atoms with E-state index in [1.54, 1.807) is 0 Å². The molecule has 0 aliphatic carbocycles. The van der Waals surface area contributed by atoms with Crippen LogP contribution in [0.15, 0.2) is 54.7 Å². The van der Waals surface area contributed by atoms with Crippen molar-refractivity contribution in [1.29, 1.82) is 0 Å². The van der Waals surface area contributed by atoms with E-state index >= 15 is 0 Å². The van der Waals surface area contributed by atoms with Gasteiger partial charge in [-0.25, -0.2) is 0 Å². The summed E-state index contributed by atoms with van der Waals surface area (Å²) in [6.45, 7) is 2.11. The molecule has 26 heavy (non-hydrogen) atoms. The lowest BCUT2D eigenvalue weighted by molar-refractivity contribution is 0.103. The summed E-state index contributed by atoms with van der Waals surface area (Å²) < 4.78 is 3.28. The molecule has 1 saturated heterocycles. The zero-order valence-electron chi connectivity index (χ0n) is 15.0. The summed E-state index contributed by atoms with van der Waals surface area (Å²) in [4.78, 5) is 15.7. The number of ketones is 1. The van der Waals surface area contributed by atoms with Crippen LogP contribution in [0.5, 0.6) is 0 Å². The smallest absolute Gasteiger partial charge is 0.196 e. The highest BCUT2D eigenvalue weighted by atomic mass is 127. The van der Waals surface area contributed by atoms with E-state index in [1.807, 2.05) is 30.3 Å². The molecule has 2 heterocycles. The standard InChI is InChI=1S/C22H23IN2O/c1-24-13-7-6-8-16(24)14-25-15-19(17-9-3-5-12-21(17)25)22(26)18-10-2-4-11-20(18)23/h2-5,9-12,15-16H,6-8,13-14H2,1H3/t16-/m1/s1. The van der Waals surface area contributed by atoms with Crippen molar-refractivity contribution in [2.45, 2.75) is 31.8 Å². The van der Waals surface area contributed by atoms with Crippen molar-refractivity contribution in [3.63, 3.8) is 0 Å². The van der Waals surface area contributed by atoms with Crippen LogP contribution in [0, 0.1) is 3.57 Å². The molecule has 1 atom stereocenters. The predicted octanol–water partition coefficient (Wildman–Crippen LogP) is 4.96. The van der Waals surface area contributed by atoms with Crippen LogP contribution >= 0.6 is 22.6 Å². The van der Waals surface area contributed by atoms with Crippen LogP contribution in [-0.4, -0.2) is 34.9 Å². The largest absolute Gasteiger partial charge is 0.345 e. The third kappa shape index (κ3) is 3.32. The number of carbonyl (C=O) groups is 1. The highest BCUT2D eigenvalue weighted by Gasteiger charge is 2.22. The first kappa shape index (κ1) is 17.7. The fourth-order valence-electron chi connectivity index (χ4n) is 3.97. The highest BCUT2D eigenvalue weighted by Crippen LogP contribution is 2.27. The van der Waals surface area contributed by atoms with E-state index in [0.29, 0.717) is 6.04 Å². The molecule has 0 N–H and O–H groups in total. The third-order valence-electron chi connectivity index (χ3n) is 5.48. The number of hydrogen-bond donors (Lipinski definition) is 0. The average Bonchev–Trinajstić information content (AvgIpc) is 3.02. The van der Waals surface area contributed by atoms with Crippen LogP contribution in [0.4, 0.5) is 0 Å². The van der Waals surface area contributed by atoms with Crippen LogP contribution in [0.3, 0.4) is 0 Å². The molecule has 1 aliphatic heterocycles. The number of piperidine rings is 1. The van der Waals surface area contributed by atoms with E-state index in [-0.39, 0.29) is 5.78 Å². The monoisotopic (exact) mass is 458 g/mol. The van der Waals surface area contributed by atoms with E-state index in [4.69, 9.17) is 0 Å². The molecule has 3 nitrogen and oxygen atoms in total. The summed E-state index contributed by atoms with van der Waals surface area (Å²) in [6, 6.07) is 16.6. The van der Waals surface area contributed by atoms with Crippen LogP contribution in [0.2, 0.25) is 0 Å². The van der Waals surface area contributed by atoms with Gasteiger partial charge >= 0.3 is 0 Å². The van der Waals surface area contributed by atoms with Crippen molar-refractivity contribution in [3.8, 4) is 0 Å². The number of hydrogen-bond acceptors (Lipinski definition) is 2. The number of fused-ring (bicyclic) bond motifs is 1. The lowest BCUT2D eigenvalue weighted by Crippen LogP contribution is -2.39. The molecule has 4 rings (SSSR count). The zero-order chi connectivity index (χ0) is 18.1. The van der Waals surface area contributed by atoms with Gasteiger partial charge in [0.1, 0.15) is 0 Å². The van der Waals surface area contributed by atoms with E-state index in [9.17, 15) is 4.79 Å². The molecule has 0 bridgehead atoms. The Labute approximate surface area is 168 Å². The van der Waals surface area contributed by atoms with Crippen LogP contribution < -0.4 is 0 Å². The molecule has 0 saturated carbocycles. The quantitative estimate of drug-likeness (QED) is 0.408. The maximum absolute atomic E-state index is 13.2. The van der Waals surface area contributed by atoms with Gasteiger partial charge in [0.05, 0.1) is 0 Å². The van der Waals surface area contributed by atoms with Crippen molar-refractivity contribution in [3.05, 3.63) is 69.4 Å². The van der Waals surface area contributed by atoms with Crippen molar-refractivity contribution < 1.29 is 4.79 Å². The van der Waals surface area contributed by atoms with Gasteiger partial charge in [-0.2, -0.15) is 0 Å². The summed E-state index contributed by atoms with van der Waals surface area (Å²) in [5, 5.41) is 1.05.